The van der Waals surface area contributed by atoms with Gasteiger partial charge in [0.15, 0.2) is 5.96 Å². The number of rotatable bonds is 8. The van der Waals surface area contributed by atoms with E-state index in [0.717, 1.165) is 25.4 Å². The van der Waals surface area contributed by atoms with Gasteiger partial charge in [-0.3, -0.25) is 4.90 Å². The summed E-state index contributed by atoms with van der Waals surface area (Å²) in [4.78, 5) is 7.04. The lowest BCUT2D eigenvalue weighted by Gasteiger charge is -2.33. The number of aliphatic imine (C=N–C) groups is 1. The van der Waals surface area contributed by atoms with Crippen LogP contribution in [0.1, 0.15) is 50.7 Å². The number of nitrogens with zero attached hydrogens (tertiary/aromatic N) is 2. The first kappa shape index (κ1) is 23.8. The number of nitrogens with one attached hydrogen (secondary N) is 2. The Bertz CT molecular complexity index is 710. The lowest BCUT2D eigenvalue weighted by Crippen LogP contribution is -2.45. The molecule has 3 N–H and O–H groups in total. The van der Waals surface area contributed by atoms with E-state index in [9.17, 15) is 5.11 Å². The fraction of sp³-hybridized carbons (Fsp3) is 0.571. The van der Waals surface area contributed by atoms with E-state index in [1.54, 1.807) is 31.6 Å². The summed E-state index contributed by atoms with van der Waals surface area (Å²) in [6.45, 7) is 7.51. The van der Waals surface area contributed by atoms with Gasteiger partial charge in [-0.05, 0) is 64.0 Å². The van der Waals surface area contributed by atoms with E-state index in [0.29, 0.717) is 18.3 Å². The SMILES string of the molecule is CCNC(=NCC(C)(O)c1ccco1)NCC(c1ccco1)N1CCCCC1.I. The van der Waals surface area contributed by atoms with Crippen molar-refractivity contribution >= 4 is 29.9 Å². The minimum absolute atomic E-state index is 0. The van der Waals surface area contributed by atoms with Gasteiger partial charge in [-0.15, -0.1) is 24.0 Å². The van der Waals surface area contributed by atoms with Crippen molar-refractivity contribution in [3.8, 4) is 0 Å². The van der Waals surface area contributed by atoms with Crippen LogP contribution in [0, 0.1) is 0 Å². The fourth-order valence-corrected chi connectivity index (χ4v) is 3.55. The average Bonchev–Trinajstić information content (AvgIpc) is 3.41. The van der Waals surface area contributed by atoms with Crippen molar-refractivity contribution in [2.24, 2.45) is 4.99 Å². The lowest BCUT2D eigenvalue weighted by atomic mass is 10.0. The highest BCUT2D eigenvalue weighted by molar-refractivity contribution is 14.0. The molecule has 162 valence electrons. The number of halogens is 1. The molecule has 8 heteroatoms. The maximum atomic E-state index is 10.6. The average molecular weight is 516 g/mol. The van der Waals surface area contributed by atoms with Crippen molar-refractivity contribution in [3.63, 3.8) is 0 Å². The third-order valence-electron chi connectivity index (χ3n) is 5.11. The summed E-state index contributed by atoms with van der Waals surface area (Å²) < 4.78 is 11.0. The molecule has 2 aromatic rings. The zero-order chi connectivity index (χ0) is 19.8. The first-order chi connectivity index (χ1) is 13.6. The van der Waals surface area contributed by atoms with Gasteiger partial charge in [-0.2, -0.15) is 0 Å². The van der Waals surface area contributed by atoms with Gasteiger partial charge in [-0.25, -0.2) is 4.99 Å². The van der Waals surface area contributed by atoms with Crippen LogP contribution in [0.4, 0.5) is 0 Å². The summed E-state index contributed by atoms with van der Waals surface area (Å²) in [5.41, 5.74) is -1.15. The van der Waals surface area contributed by atoms with Crippen molar-refractivity contribution in [1.82, 2.24) is 15.5 Å². The Balaban J connectivity index is 0.00000300. The number of aliphatic hydroxyl groups is 1. The maximum absolute atomic E-state index is 10.6. The van der Waals surface area contributed by atoms with Crippen LogP contribution in [0.3, 0.4) is 0 Å². The highest BCUT2D eigenvalue weighted by Gasteiger charge is 2.27. The zero-order valence-corrected chi connectivity index (χ0v) is 19.6. The number of piperidine rings is 1. The first-order valence-electron chi connectivity index (χ1n) is 10.2. The number of guanidine groups is 1. The molecular formula is C21H33IN4O3. The van der Waals surface area contributed by atoms with Gasteiger partial charge in [0, 0.05) is 13.1 Å². The quantitative estimate of drug-likeness (QED) is 0.283. The van der Waals surface area contributed by atoms with Crippen molar-refractivity contribution in [3.05, 3.63) is 48.3 Å². The van der Waals surface area contributed by atoms with Gasteiger partial charge in [-0.1, -0.05) is 6.42 Å². The molecule has 1 saturated heterocycles. The maximum Gasteiger partial charge on any atom is 0.191 e. The second-order valence-corrected chi connectivity index (χ2v) is 7.46. The molecule has 2 unspecified atom stereocenters. The molecular weight excluding hydrogens is 483 g/mol. The Kier molecular flexibility index (Phi) is 9.51. The predicted molar refractivity (Wildman–Crippen MR) is 125 cm³/mol. The topological polar surface area (TPSA) is 86.2 Å². The van der Waals surface area contributed by atoms with Crippen molar-refractivity contribution in [2.45, 2.75) is 44.8 Å². The van der Waals surface area contributed by atoms with Crippen LogP contribution in [0.25, 0.3) is 0 Å². The number of likely N-dealkylation sites (tertiary alicyclic amines) is 1. The summed E-state index contributed by atoms with van der Waals surface area (Å²) in [6.07, 6.45) is 7.02. The lowest BCUT2D eigenvalue weighted by molar-refractivity contribution is 0.0436. The number of hydrogen-bond acceptors (Lipinski definition) is 5. The van der Waals surface area contributed by atoms with Crippen LogP contribution in [-0.2, 0) is 5.60 Å². The van der Waals surface area contributed by atoms with Crippen LogP contribution in [-0.4, -0.2) is 48.7 Å². The molecule has 29 heavy (non-hydrogen) atoms. The normalized spacial score (nSPS) is 18.5. The van der Waals surface area contributed by atoms with Gasteiger partial charge < -0.3 is 24.6 Å². The molecule has 2 atom stereocenters. The first-order valence-corrected chi connectivity index (χ1v) is 10.2. The minimum atomic E-state index is -1.15. The van der Waals surface area contributed by atoms with Crippen LogP contribution in [0.5, 0.6) is 0 Å². The fourth-order valence-electron chi connectivity index (χ4n) is 3.55. The van der Waals surface area contributed by atoms with Crippen molar-refractivity contribution in [2.75, 3.05) is 32.7 Å². The monoisotopic (exact) mass is 516 g/mol. The Morgan fingerprint density at radius 2 is 1.90 bits per heavy atom. The zero-order valence-electron chi connectivity index (χ0n) is 17.3. The summed E-state index contributed by atoms with van der Waals surface area (Å²) in [6, 6.07) is 7.66. The van der Waals surface area contributed by atoms with E-state index < -0.39 is 5.60 Å². The molecule has 0 aromatic carbocycles. The van der Waals surface area contributed by atoms with E-state index in [1.807, 2.05) is 19.1 Å². The Hall–Kier alpha value is -1.52. The molecule has 0 saturated carbocycles. The van der Waals surface area contributed by atoms with E-state index in [-0.39, 0.29) is 36.6 Å². The van der Waals surface area contributed by atoms with Crippen molar-refractivity contribution < 1.29 is 13.9 Å². The summed E-state index contributed by atoms with van der Waals surface area (Å²) in [5, 5.41) is 17.3. The molecule has 1 aliphatic rings. The highest BCUT2D eigenvalue weighted by atomic mass is 127. The second kappa shape index (κ2) is 11.6. The Morgan fingerprint density at radius 3 is 2.52 bits per heavy atom. The van der Waals surface area contributed by atoms with Gasteiger partial charge in [0.25, 0.3) is 0 Å². The smallest absolute Gasteiger partial charge is 0.191 e. The molecule has 0 aliphatic carbocycles. The van der Waals surface area contributed by atoms with Crippen LogP contribution < -0.4 is 10.6 Å². The van der Waals surface area contributed by atoms with Gasteiger partial charge in [0.05, 0.1) is 25.1 Å². The molecule has 0 spiro atoms. The van der Waals surface area contributed by atoms with Crippen molar-refractivity contribution in [1.29, 1.82) is 0 Å². The van der Waals surface area contributed by atoms with Crippen LogP contribution in [0.2, 0.25) is 0 Å². The third-order valence-corrected chi connectivity index (χ3v) is 5.11. The predicted octanol–water partition coefficient (Wildman–Crippen LogP) is 3.48. The third kappa shape index (κ3) is 6.75. The Morgan fingerprint density at radius 1 is 1.17 bits per heavy atom. The molecule has 7 nitrogen and oxygen atoms in total. The van der Waals surface area contributed by atoms with E-state index in [1.165, 1.54) is 19.3 Å². The molecule has 0 amide bonds. The molecule has 3 heterocycles. The van der Waals surface area contributed by atoms with Gasteiger partial charge in [0.2, 0.25) is 0 Å². The molecule has 0 bridgehead atoms. The standard InChI is InChI=1S/C21H32N4O3.HI/c1-3-22-20(24-16-21(2,26)19-10-8-14-28-19)23-15-17(18-9-7-13-27-18)25-11-5-4-6-12-25;/h7-10,13-14,17,26H,3-6,11-12,15-16H2,1-2H3,(H2,22,23,24);1H. The molecule has 2 aromatic heterocycles. The Labute approximate surface area is 190 Å². The largest absolute Gasteiger partial charge is 0.468 e. The van der Waals surface area contributed by atoms with Crippen LogP contribution >= 0.6 is 24.0 Å². The van der Waals surface area contributed by atoms with Crippen LogP contribution in [0.15, 0.2) is 50.6 Å². The minimum Gasteiger partial charge on any atom is -0.468 e. The van der Waals surface area contributed by atoms with Gasteiger partial charge >= 0.3 is 0 Å². The molecule has 0 radical (unpaired) electrons. The van der Waals surface area contributed by atoms with E-state index >= 15 is 0 Å². The highest BCUT2D eigenvalue weighted by Crippen LogP contribution is 2.25. The number of hydrogen-bond donors (Lipinski definition) is 3. The molecule has 1 aliphatic heterocycles. The summed E-state index contributed by atoms with van der Waals surface area (Å²) >= 11 is 0. The van der Waals surface area contributed by atoms with Gasteiger partial charge in [0.1, 0.15) is 17.1 Å². The summed E-state index contributed by atoms with van der Waals surface area (Å²) in [7, 11) is 0. The molecule has 1 fully saturated rings. The van der Waals surface area contributed by atoms with E-state index in [4.69, 9.17) is 8.83 Å². The summed E-state index contributed by atoms with van der Waals surface area (Å²) in [5.74, 6) is 2.14. The number of furan rings is 2. The molecule has 3 rings (SSSR count). The second-order valence-electron chi connectivity index (χ2n) is 7.46. The van der Waals surface area contributed by atoms with E-state index in [2.05, 4.69) is 20.5 Å².